The van der Waals surface area contributed by atoms with Crippen molar-refractivity contribution < 1.29 is 9.90 Å². The Morgan fingerprint density at radius 1 is 1.29 bits per heavy atom. The van der Waals surface area contributed by atoms with Crippen LogP contribution in [-0.2, 0) is 4.79 Å². The summed E-state index contributed by atoms with van der Waals surface area (Å²) >= 11 is 1.70. The van der Waals surface area contributed by atoms with Gasteiger partial charge in [-0.1, -0.05) is 24.3 Å². The van der Waals surface area contributed by atoms with E-state index in [2.05, 4.69) is 23.5 Å². The summed E-state index contributed by atoms with van der Waals surface area (Å²) in [5, 5.41) is 13.6. The molecule has 0 spiro atoms. The van der Waals surface area contributed by atoms with Crippen molar-refractivity contribution in [2.45, 2.75) is 31.6 Å². The number of amides is 1. The van der Waals surface area contributed by atoms with E-state index in [-0.39, 0.29) is 29.8 Å². The summed E-state index contributed by atoms with van der Waals surface area (Å²) in [5.74, 6) is 0.185. The van der Waals surface area contributed by atoms with Crippen molar-refractivity contribution in [2.75, 3.05) is 13.2 Å². The highest BCUT2D eigenvalue weighted by molar-refractivity contribution is 7.18. The number of fused-ring (bicyclic) bond motifs is 1. The Bertz CT molecular complexity index is 746. The molecule has 126 valence electrons. The number of carbonyl (C=O) groups is 1. The predicted molar refractivity (Wildman–Crippen MR) is 96.0 cm³/mol. The summed E-state index contributed by atoms with van der Waals surface area (Å²) in [6.07, 6.45) is 7.91. The number of benzene rings is 1. The average Bonchev–Trinajstić information content (AvgIpc) is 3.29. The van der Waals surface area contributed by atoms with Gasteiger partial charge in [-0.2, -0.15) is 0 Å². The maximum absolute atomic E-state index is 12.7. The quantitative estimate of drug-likeness (QED) is 0.820. The van der Waals surface area contributed by atoms with E-state index >= 15 is 0 Å². The first-order valence-corrected chi connectivity index (χ1v) is 9.41. The van der Waals surface area contributed by atoms with Gasteiger partial charge in [0.05, 0.1) is 27.7 Å². The zero-order valence-electron chi connectivity index (χ0n) is 13.6. The van der Waals surface area contributed by atoms with E-state index in [1.807, 2.05) is 18.2 Å². The molecule has 2 N–H and O–H groups in total. The van der Waals surface area contributed by atoms with Gasteiger partial charge < -0.3 is 10.4 Å². The summed E-state index contributed by atoms with van der Waals surface area (Å²) < 4.78 is 1.18. The third-order valence-corrected chi connectivity index (χ3v) is 6.50. The van der Waals surface area contributed by atoms with Crippen LogP contribution in [0.25, 0.3) is 10.2 Å². The molecule has 2 atom stereocenters. The van der Waals surface area contributed by atoms with Crippen LogP contribution in [-0.4, -0.2) is 29.1 Å². The van der Waals surface area contributed by atoms with E-state index in [0.717, 1.165) is 36.2 Å². The number of allylic oxidation sites excluding steroid dienone is 2. The first-order chi connectivity index (χ1) is 11.7. The van der Waals surface area contributed by atoms with Gasteiger partial charge in [-0.05, 0) is 37.8 Å². The Hall–Kier alpha value is -1.72. The van der Waals surface area contributed by atoms with Gasteiger partial charge >= 0.3 is 0 Å². The molecular formula is C19H22N2O2S. The fourth-order valence-corrected chi connectivity index (χ4v) is 4.54. The topological polar surface area (TPSA) is 62.2 Å². The molecule has 5 heteroatoms. The zero-order valence-corrected chi connectivity index (χ0v) is 14.4. The number of nitrogens with one attached hydrogen (secondary N) is 1. The van der Waals surface area contributed by atoms with Gasteiger partial charge in [0.1, 0.15) is 0 Å². The largest absolute Gasteiger partial charge is 0.396 e. The van der Waals surface area contributed by atoms with E-state index in [9.17, 15) is 9.90 Å². The van der Waals surface area contributed by atoms with Crippen LogP contribution in [0.4, 0.5) is 0 Å². The minimum absolute atomic E-state index is 0.0501. The number of hydrogen-bond donors (Lipinski definition) is 2. The van der Waals surface area contributed by atoms with Crippen molar-refractivity contribution in [2.24, 2.45) is 11.3 Å². The Morgan fingerprint density at radius 2 is 2.08 bits per heavy atom. The molecule has 0 saturated heterocycles. The first-order valence-electron chi connectivity index (χ1n) is 8.60. The molecule has 2 aliphatic carbocycles. The van der Waals surface area contributed by atoms with Crippen molar-refractivity contribution in [3.63, 3.8) is 0 Å². The molecule has 24 heavy (non-hydrogen) atoms. The first kappa shape index (κ1) is 15.8. The minimum atomic E-state index is -0.0648. The number of aliphatic hydroxyl groups is 1. The third-order valence-electron chi connectivity index (χ3n) is 5.33. The number of thiazole rings is 1. The maximum Gasteiger partial charge on any atom is 0.224 e. The highest BCUT2D eigenvalue weighted by atomic mass is 32.1. The lowest BCUT2D eigenvalue weighted by atomic mass is 9.82. The molecule has 2 aromatic rings. The summed E-state index contributed by atoms with van der Waals surface area (Å²) in [4.78, 5) is 17.5. The van der Waals surface area contributed by atoms with Crippen LogP contribution in [0.15, 0.2) is 36.4 Å². The molecule has 1 aromatic carbocycles. The molecule has 0 unspecified atom stereocenters. The molecule has 1 fully saturated rings. The molecule has 1 amide bonds. The van der Waals surface area contributed by atoms with E-state index in [4.69, 9.17) is 4.98 Å². The monoisotopic (exact) mass is 342 g/mol. The SMILES string of the molecule is O=C(NCC1(CO)CC1)[C@@H]1CC=CC[C@@H]1c1nc2ccccc2s1. The van der Waals surface area contributed by atoms with Gasteiger partial charge in [-0.3, -0.25) is 4.79 Å². The lowest BCUT2D eigenvalue weighted by molar-refractivity contribution is -0.126. The maximum atomic E-state index is 12.7. The second-order valence-electron chi connectivity index (χ2n) is 7.05. The summed E-state index contributed by atoms with van der Waals surface area (Å²) in [6, 6.07) is 8.14. The van der Waals surface area contributed by atoms with E-state index < -0.39 is 0 Å². The summed E-state index contributed by atoms with van der Waals surface area (Å²) in [6.45, 7) is 0.758. The summed E-state index contributed by atoms with van der Waals surface area (Å²) in [5.41, 5.74) is 0.967. The predicted octanol–water partition coefficient (Wildman–Crippen LogP) is 3.23. The molecule has 0 aliphatic heterocycles. The third kappa shape index (κ3) is 2.98. The lowest BCUT2D eigenvalue weighted by Gasteiger charge is -2.26. The molecule has 0 radical (unpaired) electrons. The molecule has 1 saturated carbocycles. The molecule has 1 heterocycles. The number of nitrogens with zero attached hydrogens (tertiary/aromatic N) is 1. The van der Waals surface area contributed by atoms with E-state index in [1.165, 1.54) is 4.70 Å². The van der Waals surface area contributed by atoms with Crippen molar-refractivity contribution in [3.8, 4) is 0 Å². The fraction of sp³-hybridized carbons (Fsp3) is 0.474. The number of para-hydroxylation sites is 1. The van der Waals surface area contributed by atoms with Crippen LogP contribution in [0.3, 0.4) is 0 Å². The molecule has 4 nitrogen and oxygen atoms in total. The average molecular weight is 342 g/mol. The van der Waals surface area contributed by atoms with Gasteiger partial charge in [-0.15, -0.1) is 11.3 Å². The second kappa shape index (κ2) is 6.30. The van der Waals surface area contributed by atoms with Gasteiger partial charge in [0.15, 0.2) is 0 Å². The van der Waals surface area contributed by atoms with Crippen LogP contribution in [0.2, 0.25) is 0 Å². The number of rotatable bonds is 5. The Kier molecular flexibility index (Phi) is 4.14. The Labute approximate surface area is 145 Å². The van der Waals surface area contributed by atoms with Gasteiger partial charge in [0, 0.05) is 17.9 Å². The second-order valence-corrected chi connectivity index (χ2v) is 8.11. The molecule has 0 bridgehead atoms. The smallest absolute Gasteiger partial charge is 0.224 e. The van der Waals surface area contributed by atoms with Crippen molar-refractivity contribution >= 4 is 27.5 Å². The number of hydrogen-bond acceptors (Lipinski definition) is 4. The highest BCUT2D eigenvalue weighted by Gasteiger charge is 2.43. The van der Waals surface area contributed by atoms with E-state index in [1.54, 1.807) is 11.3 Å². The standard InChI is InChI=1S/C19H22N2O2S/c22-12-19(9-10-19)11-20-17(23)13-5-1-2-6-14(13)18-21-15-7-3-4-8-16(15)24-18/h1-4,7-8,13-14,22H,5-6,9-12H2,(H,20,23)/t13-,14+/m1/s1. The van der Waals surface area contributed by atoms with Crippen LogP contribution >= 0.6 is 11.3 Å². The van der Waals surface area contributed by atoms with Crippen molar-refractivity contribution in [1.82, 2.24) is 10.3 Å². The van der Waals surface area contributed by atoms with Gasteiger partial charge in [0.25, 0.3) is 0 Å². The number of aliphatic hydroxyl groups excluding tert-OH is 1. The lowest BCUT2D eigenvalue weighted by Crippen LogP contribution is -2.38. The zero-order chi connectivity index (χ0) is 16.6. The van der Waals surface area contributed by atoms with E-state index in [0.29, 0.717) is 6.54 Å². The highest BCUT2D eigenvalue weighted by Crippen LogP contribution is 2.44. The van der Waals surface area contributed by atoms with Gasteiger partial charge in [0.2, 0.25) is 5.91 Å². The molecule has 2 aliphatic rings. The molecule has 4 rings (SSSR count). The normalized spacial score (nSPS) is 24.9. The Morgan fingerprint density at radius 3 is 2.83 bits per heavy atom. The van der Waals surface area contributed by atoms with Crippen molar-refractivity contribution in [1.29, 1.82) is 0 Å². The number of aromatic nitrogens is 1. The number of carbonyl (C=O) groups excluding carboxylic acids is 1. The minimum Gasteiger partial charge on any atom is -0.396 e. The van der Waals surface area contributed by atoms with Crippen LogP contribution in [0.5, 0.6) is 0 Å². The van der Waals surface area contributed by atoms with Crippen LogP contribution in [0, 0.1) is 11.3 Å². The summed E-state index contributed by atoms with van der Waals surface area (Å²) in [7, 11) is 0. The fourth-order valence-electron chi connectivity index (χ4n) is 3.40. The molecule has 1 aromatic heterocycles. The molecular weight excluding hydrogens is 320 g/mol. The van der Waals surface area contributed by atoms with Crippen LogP contribution < -0.4 is 5.32 Å². The Balaban J connectivity index is 1.52. The van der Waals surface area contributed by atoms with Crippen LogP contribution in [0.1, 0.15) is 36.6 Å². The van der Waals surface area contributed by atoms with Gasteiger partial charge in [-0.25, -0.2) is 4.98 Å². The van der Waals surface area contributed by atoms with Crippen molar-refractivity contribution in [3.05, 3.63) is 41.4 Å².